The van der Waals surface area contributed by atoms with Gasteiger partial charge in [0, 0.05) is 19.3 Å². The molecule has 26 heavy (non-hydrogen) atoms. The number of hydrogen-bond donors (Lipinski definition) is 0. The van der Waals surface area contributed by atoms with Crippen LogP contribution in [0.15, 0.2) is 54.7 Å². The van der Waals surface area contributed by atoms with Crippen LogP contribution in [0.5, 0.6) is 11.5 Å². The van der Waals surface area contributed by atoms with Gasteiger partial charge >= 0.3 is 0 Å². The predicted molar refractivity (Wildman–Crippen MR) is 98.0 cm³/mol. The summed E-state index contributed by atoms with van der Waals surface area (Å²) in [5.74, 6) is 1.47. The van der Waals surface area contributed by atoms with Crippen molar-refractivity contribution in [2.75, 3.05) is 25.1 Å². The number of anilines is 1. The molecule has 4 rings (SSSR count). The van der Waals surface area contributed by atoms with Crippen LogP contribution in [0, 0.1) is 10.1 Å². The number of hydrogen-bond acceptors (Lipinski definition) is 6. The lowest BCUT2D eigenvalue weighted by molar-refractivity contribution is -0.383. The van der Waals surface area contributed by atoms with Crippen molar-refractivity contribution in [1.82, 2.24) is 4.98 Å². The van der Waals surface area contributed by atoms with Crippen molar-refractivity contribution in [2.45, 2.75) is 6.10 Å². The summed E-state index contributed by atoms with van der Waals surface area (Å²) >= 11 is 0. The van der Waals surface area contributed by atoms with Crippen LogP contribution in [0.2, 0.25) is 0 Å². The topological polar surface area (TPSA) is 77.7 Å². The van der Waals surface area contributed by atoms with Gasteiger partial charge in [0.05, 0.1) is 22.5 Å². The largest absolute Gasteiger partial charge is 0.486 e. The third kappa shape index (κ3) is 2.88. The van der Waals surface area contributed by atoms with Crippen molar-refractivity contribution in [3.63, 3.8) is 0 Å². The zero-order valence-corrected chi connectivity index (χ0v) is 14.2. The minimum atomic E-state index is -0.386. The Morgan fingerprint density at radius 3 is 2.81 bits per heavy atom. The molecule has 1 aliphatic heterocycles. The SMILES string of the molecule is CN(CC1COc2ccccc2O1)c1ccc([N+](=O)[O-])c2cccnc12. The molecule has 1 atom stereocenters. The van der Waals surface area contributed by atoms with E-state index in [4.69, 9.17) is 9.47 Å². The summed E-state index contributed by atoms with van der Waals surface area (Å²) in [6, 6.07) is 14.2. The summed E-state index contributed by atoms with van der Waals surface area (Å²) in [6.45, 7) is 1.01. The van der Waals surface area contributed by atoms with Crippen LogP contribution >= 0.6 is 0 Å². The Morgan fingerprint density at radius 2 is 2.00 bits per heavy atom. The number of aromatic nitrogens is 1. The average molecular weight is 351 g/mol. The van der Waals surface area contributed by atoms with Crippen molar-refractivity contribution in [2.24, 2.45) is 0 Å². The maximum absolute atomic E-state index is 11.3. The third-order valence-corrected chi connectivity index (χ3v) is 4.38. The van der Waals surface area contributed by atoms with Crippen LogP contribution in [0.1, 0.15) is 0 Å². The number of nitro groups is 1. The molecule has 7 nitrogen and oxygen atoms in total. The highest BCUT2D eigenvalue weighted by Crippen LogP contribution is 2.33. The van der Waals surface area contributed by atoms with Gasteiger partial charge in [-0.25, -0.2) is 0 Å². The summed E-state index contributed by atoms with van der Waals surface area (Å²) in [6.07, 6.45) is 1.49. The third-order valence-electron chi connectivity index (χ3n) is 4.38. The number of likely N-dealkylation sites (N-methyl/N-ethyl adjacent to an activating group) is 1. The van der Waals surface area contributed by atoms with E-state index in [9.17, 15) is 10.1 Å². The van der Waals surface area contributed by atoms with Gasteiger partial charge in [0.15, 0.2) is 17.6 Å². The zero-order chi connectivity index (χ0) is 18.1. The van der Waals surface area contributed by atoms with E-state index in [1.807, 2.05) is 36.2 Å². The van der Waals surface area contributed by atoms with E-state index in [2.05, 4.69) is 4.98 Å². The molecule has 0 saturated heterocycles. The molecule has 2 aromatic carbocycles. The molecule has 0 amide bonds. The van der Waals surface area contributed by atoms with Crippen molar-refractivity contribution in [3.8, 4) is 11.5 Å². The van der Waals surface area contributed by atoms with Crippen LogP contribution < -0.4 is 14.4 Å². The highest BCUT2D eigenvalue weighted by Gasteiger charge is 2.24. The smallest absolute Gasteiger partial charge is 0.278 e. The van der Waals surface area contributed by atoms with Gasteiger partial charge in [-0.05, 0) is 30.3 Å². The quantitative estimate of drug-likeness (QED) is 0.529. The fraction of sp³-hybridized carbons (Fsp3) is 0.211. The first-order chi connectivity index (χ1) is 12.6. The van der Waals surface area contributed by atoms with Crippen LogP contribution in [0.25, 0.3) is 10.9 Å². The number of nitro benzene ring substituents is 1. The van der Waals surface area contributed by atoms with Gasteiger partial charge in [-0.1, -0.05) is 12.1 Å². The first kappa shape index (κ1) is 16.1. The maximum atomic E-state index is 11.3. The van der Waals surface area contributed by atoms with Crippen molar-refractivity contribution in [3.05, 3.63) is 64.8 Å². The van der Waals surface area contributed by atoms with Gasteiger partial charge in [-0.15, -0.1) is 0 Å². The number of rotatable bonds is 4. The lowest BCUT2D eigenvalue weighted by atomic mass is 10.1. The van der Waals surface area contributed by atoms with E-state index < -0.39 is 0 Å². The number of para-hydroxylation sites is 2. The van der Waals surface area contributed by atoms with Crippen LogP contribution in [0.4, 0.5) is 11.4 Å². The van der Waals surface area contributed by atoms with Gasteiger partial charge in [0.2, 0.25) is 0 Å². The molecule has 3 aromatic rings. The Balaban J connectivity index is 1.60. The first-order valence-corrected chi connectivity index (χ1v) is 8.25. The predicted octanol–water partition coefficient (Wildman–Crippen LogP) is 3.42. The minimum absolute atomic E-state index is 0.0522. The lowest BCUT2D eigenvalue weighted by Crippen LogP contribution is -2.39. The second-order valence-electron chi connectivity index (χ2n) is 6.14. The maximum Gasteiger partial charge on any atom is 0.278 e. The molecule has 7 heteroatoms. The monoisotopic (exact) mass is 351 g/mol. The normalized spacial score (nSPS) is 15.7. The summed E-state index contributed by atoms with van der Waals surface area (Å²) in [7, 11) is 1.92. The molecule has 0 N–H and O–H groups in total. The van der Waals surface area contributed by atoms with Gasteiger partial charge in [-0.2, -0.15) is 0 Å². The van der Waals surface area contributed by atoms with E-state index in [0.29, 0.717) is 24.1 Å². The summed E-state index contributed by atoms with van der Waals surface area (Å²) in [5.41, 5.74) is 1.46. The highest BCUT2D eigenvalue weighted by molar-refractivity contribution is 5.97. The standard InChI is InChI=1S/C19H17N3O4/c1-21(11-13-12-25-17-6-2-3-7-18(17)26-13)16-9-8-15(22(23)24)14-5-4-10-20-19(14)16/h2-10,13H,11-12H2,1H3. The van der Waals surface area contributed by atoms with Gasteiger partial charge in [0.25, 0.3) is 5.69 Å². The lowest BCUT2D eigenvalue weighted by Gasteiger charge is -2.30. The van der Waals surface area contributed by atoms with E-state index >= 15 is 0 Å². The highest BCUT2D eigenvalue weighted by atomic mass is 16.6. The Morgan fingerprint density at radius 1 is 1.19 bits per heavy atom. The van der Waals surface area contributed by atoms with Gasteiger partial charge in [0.1, 0.15) is 12.1 Å². The molecule has 0 fully saturated rings. The molecule has 2 heterocycles. The molecule has 132 valence electrons. The second kappa shape index (κ2) is 6.51. The zero-order valence-electron chi connectivity index (χ0n) is 14.2. The Labute approximate surface area is 149 Å². The first-order valence-electron chi connectivity index (χ1n) is 8.25. The number of nitrogens with zero attached hydrogens (tertiary/aromatic N) is 3. The molecule has 1 aliphatic rings. The fourth-order valence-electron chi connectivity index (χ4n) is 3.17. The molecule has 0 spiro atoms. The molecule has 1 aromatic heterocycles. The molecular formula is C19H17N3O4. The fourth-order valence-corrected chi connectivity index (χ4v) is 3.17. The van der Waals surface area contributed by atoms with Crippen LogP contribution in [0.3, 0.4) is 0 Å². The summed E-state index contributed by atoms with van der Waals surface area (Å²) in [4.78, 5) is 17.2. The Kier molecular flexibility index (Phi) is 4.04. The number of ether oxygens (including phenoxy) is 2. The minimum Gasteiger partial charge on any atom is -0.486 e. The molecule has 0 radical (unpaired) electrons. The molecule has 0 bridgehead atoms. The summed E-state index contributed by atoms with van der Waals surface area (Å²) in [5, 5.41) is 11.8. The Hall–Kier alpha value is -3.35. The van der Waals surface area contributed by atoms with E-state index in [0.717, 1.165) is 17.2 Å². The van der Waals surface area contributed by atoms with Gasteiger partial charge < -0.3 is 14.4 Å². The average Bonchev–Trinajstić information content (AvgIpc) is 2.66. The molecule has 0 aliphatic carbocycles. The van der Waals surface area contributed by atoms with Crippen LogP contribution in [-0.4, -0.2) is 36.2 Å². The number of non-ortho nitro benzene ring substituents is 1. The molecule has 1 unspecified atom stereocenters. The van der Waals surface area contributed by atoms with Crippen molar-refractivity contribution < 1.29 is 14.4 Å². The molecular weight excluding hydrogens is 334 g/mol. The number of fused-ring (bicyclic) bond motifs is 2. The summed E-state index contributed by atoms with van der Waals surface area (Å²) < 4.78 is 11.8. The molecule has 0 saturated carbocycles. The van der Waals surface area contributed by atoms with Crippen molar-refractivity contribution in [1.29, 1.82) is 0 Å². The van der Waals surface area contributed by atoms with Crippen molar-refractivity contribution >= 4 is 22.3 Å². The number of pyridine rings is 1. The van der Waals surface area contributed by atoms with Gasteiger partial charge in [-0.3, -0.25) is 15.1 Å². The number of benzene rings is 2. The Bertz CT molecular complexity index is 976. The van der Waals surface area contributed by atoms with E-state index in [1.165, 1.54) is 6.07 Å². The van der Waals surface area contributed by atoms with E-state index in [1.54, 1.807) is 24.4 Å². The van der Waals surface area contributed by atoms with Crippen LogP contribution in [-0.2, 0) is 0 Å². The second-order valence-corrected chi connectivity index (χ2v) is 6.14. The van der Waals surface area contributed by atoms with E-state index in [-0.39, 0.29) is 16.7 Å².